The molecule has 0 radical (unpaired) electrons. The molecule has 3 rings (SSSR count). The lowest BCUT2D eigenvalue weighted by Gasteiger charge is -2.17. The van der Waals surface area contributed by atoms with Gasteiger partial charge in [-0.05, 0) is 25.7 Å². The quantitative estimate of drug-likeness (QED) is 0.652. The average Bonchev–Trinajstić information content (AvgIpc) is 2.61. The molecule has 5 nitrogen and oxygen atoms in total. The second kappa shape index (κ2) is 2.92. The van der Waals surface area contributed by atoms with E-state index in [1.165, 1.54) is 4.57 Å². The fourth-order valence-electron chi connectivity index (χ4n) is 2.31. The van der Waals surface area contributed by atoms with E-state index in [0.717, 1.165) is 36.9 Å². The summed E-state index contributed by atoms with van der Waals surface area (Å²) in [6.07, 6.45) is 3.96. The smallest absolute Gasteiger partial charge is 0.310 e. The van der Waals surface area contributed by atoms with E-state index in [-0.39, 0.29) is 18.1 Å². The third kappa shape index (κ3) is 1.19. The van der Waals surface area contributed by atoms with Crippen LogP contribution in [-0.2, 0) is 24.2 Å². The second-order valence-corrected chi connectivity index (χ2v) is 4.01. The molecule has 0 atom stereocenters. The monoisotopic (exact) mass is 205 g/mol. The summed E-state index contributed by atoms with van der Waals surface area (Å²) in [6, 6.07) is 0. The van der Waals surface area contributed by atoms with Crippen LogP contribution in [-0.4, -0.2) is 15.5 Å². The Morgan fingerprint density at radius 2 is 2.00 bits per heavy atom. The molecule has 1 N–H and O–H groups in total. The summed E-state index contributed by atoms with van der Waals surface area (Å²) in [7, 11) is 0. The second-order valence-electron chi connectivity index (χ2n) is 4.01. The van der Waals surface area contributed by atoms with Crippen molar-refractivity contribution in [3.05, 3.63) is 21.7 Å². The van der Waals surface area contributed by atoms with Gasteiger partial charge in [-0.15, -0.1) is 0 Å². The van der Waals surface area contributed by atoms with E-state index >= 15 is 0 Å². The van der Waals surface area contributed by atoms with E-state index in [0.29, 0.717) is 5.82 Å². The fraction of sp³-hybridized carbons (Fsp3) is 0.500. The zero-order valence-electron chi connectivity index (χ0n) is 8.25. The van der Waals surface area contributed by atoms with Crippen molar-refractivity contribution in [2.24, 2.45) is 0 Å². The Kier molecular flexibility index (Phi) is 1.68. The molecule has 1 aromatic rings. The van der Waals surface area contributed by atoms with Crippen LogP contribution < -0.4 is 11.0 Å². The molecule has 0 spiro atoms. The Hall–Kier alpha value is -1.65. The van der Waals surface area contributed by atoms with Gasteiger partial charge in [0.1, 0.15) is 12.4 Å². The van der Waals surface area contributed by atoms with Crippen LogP contribution in [0, 0.1) is 0 Å². The highest BCUT2D eigenvalue weighted by Crippen LogP contribution is 2.27. The number of anilines is 1. The molecule has 0 aromatic carbocycles. The Morgan fingerprint density at radius 3 is 2.87 bits per heavy atom. The van der Waals surface area contributed by atoms with Crippen molar-refractivity contribution in [2.75, 3.05) is 5.32 Å². The first kappa shape index (κ1) is 8.64. The van der Waals surface area contributed by atoms with Gasteiger partial charge >= 0.3 is 5.69 Å². The van der Waals surface area contributed by atoms with Gasteiger partial charge in [-0.1, -0.05) is 0 Å². The van der Waals surface area contributed by atoms with Gasteiger partial charge in [0.2, 0.25) is 5.91 Å². The van der Waals surface area contributed by atoms with E-state index in [1.807, 2.05) is 0 Å². The molecule has 0 fully saturated rings. The minimum atomic E-state index is -0.302. The lowest BCUT2D eigenvalue weighted by molar-refractivity contribution is -0.115. The Bertz CT molecular complexity index is 504. The number of carbonyl (C=O) groups excluding carboxylic acids is 1. The number of amides is 1. The van der Waals surface area contributed by atoms with Crippen molar-refractivity contribution in [2.45, 2.75) is 32.2 Å². The van der Waals surface area contributed by atoms with Crippen LogP contribution in [0.25, 0.3) is 0 Å². The number of rotatable bonds is 0. The Balaban J connectivity index is 2.26. The average molecular weight is 205 g/mol. The van der Waals surface area contributed by atoms with Crippen molar-refractivity contribution in [1.82, 2.24) is 9.55 Å². The minimum absolute atomic E-state index is 0.118. The van der Waals surface area contributed by atoms with E-state index in [1.54, 1.807) is 0 Å². The van der Waals surface area contributed by atoms with Crippen molar-refractivity contribution in [3.8, 4) is 0 Å². The molecule has 78 valence electrons. The van der Waals surface area contributed by atoms with Crippen LogP contribution in [0.1, 0.15) is 24.1 Å². The number of aryl methyl sites for hydroxylation is 1. The van der Waals surface area contributed by atoms with Crippen LogP contribution in [0.5, 0.6) is 0 Å². The van der Waals surface area contributed by atoms with Gasteiger partial charge in [0.05, 0.1) is 5.69 Å². The summed E-state index contributed by atoms with van der Waals surface area (Å²) in [6.45, 7) is 0.119. The number of hydrogen-bond donors (Lipinski definition) is 1. The molecule has 5 heteroatoms. The summed E-state index contributed by atoms with van der Waals surface area (Å²) < 4.78 is 1.44. The number of aromatic nitrogens is 2. The Morgan fingerprint density at radius 1 is 1.20 bits per heavy atom. The highest BCUT2D eigenvalue weighted by atomic mass is 16.2. The molecule has 0 saturated heterocycles. The molecular formula is C10H11N3O2. The van der Waals surface area contributed by atoms with E-state index in [9.17, 15) is 9.59 Å². The molecule has 1 aromatic heterocycles. The fourth-order valence-corrected chi connectivity index (χ4v) is 2.31. The maximum atomic E-state index is 11.6. The third-order valence-electron chi connectivity index (χ3n) is 3.02. The predicted octanol–water partition coefficient (Wildman–Crippen LogP) is 0.0742. The molecule has 0 bridgehead atoms. The van der Waals surface area contributed by atoms with Crippen molar-refractivity contribution in [1.29, 1.82) is 0 Å². The molecule has 1 amide bonds. The molecule has 2 heterocycles. The third-order valence-corrected chi connectivity index (χ3v) is 3.02. The molecule has 1 aliphatic carbocycles. The number of nitrogens with zero attached hydrogens (tertiary/aromatic N) is 2. The maximum absolute atomic E-state index is 11.6. The van der Waals surface area contributed by atoms with Crippen molar-refractivity contribution < 1.29 is 4.79 Å². The number of carbonyl (C=O) groups is 1. The minimum Gasteiger partial charge on any atom is -0.310 e. The first-order valence-electron chi connectivity index (χ1n) is 5.18. The normalized spacial score (nSPS) is 18.3. The lowest BCUT2D eigenvalue weighted by Crippen LogP contribution is -2.25. The van der Waals surface area contributed by atoms with Crippen LogP contribution in [0.4, 0.5) is 5.82 Å². The van der Waals surface area contributed by atoms with Gasteiger partial charge in [0, 0.05) is 5.56 Å². The predicted molar refractivity (Wildman–Crippen MR) is 53.8 cm³/mol. The van der Waals surface area contributed by atoms with Gasteiger partial charge in [-0.2, -0.15) is 4.98 Å². The van der Waals surface area contributed by atoms with Crippen LogP contribution >= 0.6 is 0 Å². The van der Waals surface area contributed by atoms with Gasteiger partial charge in [-0.3, -0.25) is 9.36 Å². The summed E-state index contributed by atoms with van der Waals surface area (Å²) in [4.78, 5) is 26.9. The maximum Gasteiger partial charge on any atom is 0.349 e. The first-order chi connectivity index (χ1) is 7.25. The molecule has 0 saturated carbocycles. The van der Waals surface area contributed by atoms with Gasteiger partial charge < -0.3 is 5.32 Å². The summed E-state index contributed by atoms with van der Waals surface area (Å²) in [5.41, 5.74) is 1.63. The highest BCUT2D eigenvalue weighted by Gasteiger charge is 2.26. The van der Waals surface area contributed by atoms with Gasteiger partial charge in [0.15, 0.2) is 0 Å². The van der Waals surface area contributed by atoms with E-state index in [4.69, 9.17) is 0 Å². The number of nitrogens with one attached hydrogen (secondary N) is 1. The lowest BCUT2D eigenvalue weighted by atomic mass is 9.96. The zero-order valence-corrected chi connectivity index (χ0v) is 8.25. The molecule has 15 heavy (non-hydrogen) atoms. The summed E-state index contributed by atoms with van der Waals surface area (Å²) in [5, 5.41) is 2.75. The SMILES string of the molecule is O=C1Cn2c(c3c(nc2=O)CCCC3)N1. The largest absolute Gasteiger partial charge is 0.349 e. The van der Waals surface area contributed by atoms with Gasteiger partial charge in [0.25, 0.3) is 0 Å². The van der Waals surface area contributed by atoms with Crippen LogP contribution in [0.2, 0.25) is 0 Å². The zero-order chi connectivity index (χ0) is 10.4. The topological polar surface area (TPSA) is 64.0 Å². The Labute approximate surface area is 86.1 Å². The molecule has 0 unspecified atom stereocenters. The van der Waals surface area contributed by atoms with Gasteiger partial charge in [-0.25, -0.2) is 4.79 Å². The number of hydrogen-bond acceptors (Lipinski definition) is 3. The highest BCUT2D eigenvalue weighted by molar-refractivity contribution is 5.94. The van der Waals surface area contributed by atoms with E-state index < -0.39 is 0 Å². The van der Waals surface area contributed by atoms with Crippen molar-refractivity contribution in [3.63, 3.8) is 0 Å². The van der Waals surface area contributed by atoms with E-state index in [2.05, 4.69) is 10.3 Å². The standard InChI is InChI=1S/C10H11N3O2/c14-8-5-13-9(12-8)6-3-1-2-4-7(6)11-10(13)15/h1-5H2,(H,12,14). The molecule has 2 aliphatic rings. The van der Waals surface area contributed by atoms with Crippen molar-refractivity contribution >= 4 is 11.7 Å². The van der Waals surface area contributed by atoms with Crippen LogP contribution in [0.15, 0.2) is 4.79 Å². The molecular weight excluding hydrogens is 194 g/mol. The summed E-state index contributed by atoms with van der Waals surface area (Å²) >= 11 is 0. The van der Waals surface area contributed by atoms with Crippen LogP contribution in [0.3, 0.4) is 0 Å². The summed E-state index contributed by atoms with van der Waals surface area (Å²) in [5.74, 6) is 0.572. The first-order valence-corrected chi connectivity index (χ1v) is 5.18. The molecule has 1 aliphatic heterocycles. The number of fused-ring (bicyclic) bond motifs is 3.